The number of para-hydroxylation sites is 4. The van der Waals surface area contributed by atoms with Gasteiger partial charge in [-0.1, -0.05) is 97.8 Å². The van der Waals surface area contributed by atoms with E-state index in [2.05, 4.69) is 33.4 Å². The molecular weight excluding hydrogens is 673 g/mol. The average Bonchev–Trinajstić information content (AvgIpc) is 3.89. The molecule has 8 aromatic rings. The minimum absolute atomic E-state index is 0.333. The number of rotatable bonds is 4. The summed E-state index contributed by atoms with van der Waals surface area (Å²) >= 11 is 0. The van der Waals surface area contributed by atoms with Crippen LogP contribution >= 0.6 is 0 Å². The van der Waals surface area contributed by atoms with Crippen molar-refractivity contribution in [3.63, 3.8) is 0 Å². The van der Waals surface area contributed by atoms with E-state index in [0.29, 0.717) is 46.5 Å². The molecule has 8 heteroatoms. The highest BCUT2D eigenvalue weighted by Gasteiger charge is 2.51. The third-order valence-corrected chi connectivity index (χ3v) is 11.8. The molecule has 260 valence electrons. The molecule has 2 atom stereocenters. The zero-order chi connectivity index (χ0) is 36.2. The molecule has 2 aliphatic heterocycles. The number of benzene rings is 6. The number of nitrogens with zero attached hydrogens (tertiary/aromatic N) is 4. The first-order valence-corrected chi connectivity index (χ1v) is 18.5. The van der Waals surface area contributed by atoms with Gasteiger partial charge in [-0.2, -0.15) is 0 Å². The highest BCUT2D eigenvalue weighted by Crippen LogP contribution is 2.42. The second-order valence-corrected chi connectivity index (χ2v) is 14.5. The van der Waals surface area contributed by atoms with Crippen molar-refractivity contribution in [2.75, 3.05) is 0 Å². The summed E-state index contributed by atoms with van der Waals surface area (Å²) < 4.78 is 4.13. The van der Waals surface area contributed by atoms with E-state index in [9.17, 15) is 19.2 Å². The maximum atomic E-state index is 14.8. The second-order valence-electron chi connectivity index (χ2n) is 14.5. The quantitative estimate of drug-likeness (QED) is 0.171. The Kier molecular flexibility index (Phi) is 6.47. The summed E-state index contributed by atoms with van der Waals surface area (Å²) in [6, 6.07) is 41.8. The monoisotopic (exact) mass is 704 g/mol. The molecule has 54 heavy (non-hydrogen) atoms. The van der Waals surface area contributed by atoms with Crippen molar-refractivity contribution in [2.24, 2.45) is 0 Å². The molecule has 6 aromatic carbocycles. The Morgan fingerprint density at radius 3 is 1.06 bits per heavy atom. The number of carbonyl (C=O) groups is 4. The largest absolute Gasteiger partial charge is 0.308 e. The Balaban J connectivity index is 1.01. The van der Waals surface area contributed by atoms with Crippen LogP contribution in [0.15, 0.2) is 133 Å². The lowest BCUT2D eigenvalue weighted by atomic mass is 9.88. The minimum Gasteiger partial charge on any atom is -0.308 e. The van der Waals surface area contributed by atoms with Gasteiger partial charge in [0, 0.05) is 21.5 Å². The highest BCUT2D eigenvalue weighted by molar-refractivity contribution is 6.25. The van der Waals surface area contributed by atoms with E-state index in [1.54, 1.807) is 12.1 Å². The summed E-state index contributed by atoms with van der Waals surface area (Å²) in [7, 11) is 0. The third-order valence-electron chi connectivity index (χ3n) is 11.8. The van der Waals surface area contributed by atoms with Gasteiger partial charge < -0.3 is 9.13 Å². The number of fused-ring (bicyclic) bond motifs is 8. The van der Waals surface area contributed by atoms with E-state index in [1.807, 2.05) is 97.1 Å². The lowest BCUT2D eigenvalue weighted by Gasteiger charge is -2.40. The van der Waals surface area contributed by atoms with Crippen molar-refractivity contribution >= 4 is 67.2 Å². The topological polar surface area (TPSA) is 84.6 Å². The Labute approximate surface area is 309 Å². The molecule has 1 fully saturated rings. The first-order chi connectivity index (χ1) is 26.5. The summed E-state index contributed by atoms with van der Waals surface area (Å²) in [6.45, 7) is 0. The smallest absolute Gasteiger partial charge is 0.264 e. The van der Waals surface area contributed by atoms with Gasteiger partial charge >= 0.3 is 0 Å². The van der Waals surface area contributed by atoms with Crippen molar-refractivity contribution in [3.05, 3.63) is 156 Å². The summed E-state index contributed by atoms with van der Waals surface area (Å²) in [5.41, 5.74) is 6.36. The Bertz CT molecular complexity index is 2660. The van der Waals surface area contributed by atoms with Crippen LogP contribution in [0.3, 0.4) is 0 Å². The predicted octanol–water partition coefficient (Wildman–Crippen LogP) is 9.08. The molecule has 0 radical (unpaired) electrons. The molecule has 11 rings (SSSR count). The lowest BCUT2D eigenvalue weighted by molar-refractivity contribution is 0.0291. The van der Waals surface area contributed by atoms with Crippen molar-refractivity contribution < 1.29 is 19.2 Å². The van der Waals surface area contributed by atoms with Gasteiger partial charge in [-0.05, 0) is 61.4 Å². The van der Waals surface area contributed by atoms with Crippen LogP contribution < -0.4 is 0 Å². The second kappa shape index (κ2) is 11.3. The van der Waals surface area contributed by atoms with E-state index in [1.165, 1.54) is 9.80 Å². The SMILES string of the molecule is O=C1c2cccc(-n3c4ccccc4c4ccccc43)c2C(=O)N1C1CCCCC1N1C(=O)c2cccc(-n3c4ccccc4c4ccccc43)c2C1=O. The molecule has 4 heterocycles. The van der Waals surface area contributed by atoms with Crippen LogP contribution in [-0.2, 0) is 0 Å². The number of amides is 4. The summed E-state index contributed by atoms with van der Waals surface area (Å²) in [5, 5.41) is 4.21. The van der Waals surface area contributed by atoms with E-state index < -0.39 is 35.7 Å². The van der Waals surface area contributed by atoms with Crippen molar-refractivity contribution in [2.45, 2.75) is 37.8 Å². The molecule has 1 saturated carbocycles. The molecule has 4 amide bonds. The molecule has 2 aromatic heterocycles. The van der Waals surface area contributed by atoms with E-state index >= 15 is 0 Å². The Hall–Kier alpha value is -6.80. The maximum Gasteiger partial charge on any atom is 0.264 e. The number of hydrogen-bond donors (Lipinski definition) is 0. The highest BCUT2D eigenvalue weighted by atomic mass is 16.2. The van der Waals surface area contributed by atoms with Crippen LogP contribution in [0, 0.1) is 0 Å². The van der Waals surface area contributed by atoms with Crippen LogP contribution in [-0.4, -0.2) is 54.6 Å². The molecule has 0 saturated heterocycles. The normalized spacial score (nSPS) is 18.5. The molecule has 2 unspecified atom stereocenters. The van der Waals surface area contributed by atoms with Crippen molar-refractivity contribution in [1.82, 2.24) is 18.9 Å². The molecule has 0 spiro atoms. The van der Waals surface area contributed by atoms with Crippen molar-refractivity contribution in [1.29, 1.82) is 0 Å². The summed E-state index contributed by atoms with van der Waals surface area (Å²) in [4.78, 5) is 61.2. The average molecular weight is 705 g/mol. The van der Waals surface area contributed by atoms with Gasteiger partial charge in [-0.25, -0.2) is 0 Å². The summed E-state index contributed by atoms with van der Waals surface area (Å²) in [5.74, 6) is -1.58. The molecule has 3 aliphatic rings. The zero-order valence-corrected chi connectivity index (χ0v) is 29.1. The van der Waals surface area contributed by atoms with E-state index in [4.69, 9.17) is 0 Å². The van der Waals surface area contributed by atoms with Gasteiger partial charge in [-0.3, -0.25) is 29.0 Å². The Morgan fingerprint density at radius 1 is 0.370 bits per heavy atom. The molecule has 0 bridgehead atoms. The van der Waals surface area contributed by atoms with Crippen LogP contribution in [0.4, 0.5) is 0 Å². The van der Waals surface area contributed by atoms with Crippen LogP contribution in [0.25, 0.3) is 55.0 Å². The van der Waals surface area contributed by atoms with Crippen molar-refractivity contribution in [3.8, 4) is 11.4 Å². The first-order valence-electron chi connectivity index (χ1n) is 18.5. The van der Waals surface area contributed by atoms with Gasteiger partial charge in [0.1, 0.15) is 0 Å². The van der Waals surface area contributed by atoms with Gasteiger partial charge in [0.15, 0.2) is 0 Å². The molecule has 8 nitrogen and oxygen atoms in total. The molecule has 0 N–H and O–H groups in total. The van der Waals surface area contributed by atoms with Crippen LogP contribution in [0.1, 0.15) is 67.1 Å². The maximum absolute atomic E-state index is 14.8. The fraction of sp³-hybridized carbons (Fsp3) is 0.130. The number of carbonyl (C=O) groups excluding carboxylic acids is 4. The third kappa shape index (κ3) is 4.02. The van der Waals surface area contributed by atoms with Gasteiger partial charge in [0.25, 0.3) is 23.6 Å². The van der Waals surface area contributed by atoms with E-state index in [0.717, 1.165) is 56.5 Å². The van der Waals surface area contributed by atoms with Crippen LogP contribution in [0.2, 0.25) is 0 Å². The van der Waals surface area contributed by atoms with Gasteiger partial charge in [0.2, 0.25) is 0 Å². The fourth-order valence-electron chi connectivity index (χ4n) is 9.60. The van der Waals surface area contributed by atoms with Crippen LogP contribution in [0.5, 0.6) is 0 Å². The van der Waals surface area contributed by atoms with Gasteiger partial charge in [-0.15, -0.1) is 0 Å². The number of imide groups is 2. The molecule has 1 aliphatic carbocycles. The van der Waals surface area contributed by atoms with E-state index in [-0.39, 0.29) is 0 Å². The van der Waals surface area contributed by atoms with Gasteiger partial charge in [0.05, 0.1) is 67.8 Å². The zero-order valence-electron chi connectivity index (χ0n) is 29.1. The predicted molar refractivity (Wildman–Crippen MR) is 209 cm³/mol. The first kappa shape index (κ1) is 30.8. The fourth-order valence-corrected chi connectivity index (χ4v) is 9.60. The summed E-state index contributed by atoms with van der Waals surface area (Å²) in [6.07, 6.45) is 2.52. The lowest BCUT2D eigenvalue weighted by Crippen LogP contribution is -2.56. The number of hydrogen-bond acceptors (Lipinski definition) is 4. The Morgan fingerprint density at radius 2 is 0.704 bits per heavy atom. The minimum atomic E-state index is -0.670. The standard InChI is InChI=1S/C46H32N4O4/c51-43-31-17-11-25-39(47-33-19-5-1-13-27(33)28-14-2-6-20-34(28)47)41(31)45(53)49(43)37-23-9-10-24-38(37)50-44(52)32-18-12-26-40(42(32)46(50)54)48-35-21-7-3-15-29(35)30-16-4-8-22-36(30)48/h1-8,11-22,25-26,37-38H,9-10,23-24H2. The number of aromatic nitrogens is 2. The molecular formula is C46H32N4O4.